The molecular formula is C14H20O4. The summed E-state index contributed by atoms with van der Waals surface area (Å²) >= 11 is 0. The largest absolute Gasteiger partial charge is 0.496 e. The summed E-state index contributed by atoms with van der Waals surface area (Å²) in [6.07, 6.45) is 0.142. The van der Waals surface area contributed by atoms with Crippen LogP contribution in [-0.4, -0.2) is 32.4 Å². The van der Waals surface area contributed by atoms with Crippen LogP contribution in [0, 0.1) is 6.92 Å². The fourth-order valence-corrected chi connectivity index (χ4v) is 1.45. The molecule has 4 nitrogen and oxygen atoms in total. The summed E-state index contributed by atoms with van der Waals surface area (Å²) in [5.41, 5.74) is 1.47. The number of carbonyl (C=O) groups is 1. The highest BCUT2D eigenvalue weighted by Crippen LogP contribution is 2.19. The van der Waals surface area contributed by atoms with E-state index < -0.39 is 0 Å². The number of benzene rings is 1. The predicted octanol–water partition coefficient (Wildman–Crippen LogP) is 2.59. The van der Waals surface area contributed by atoms with Crippen molar-refractivity contribution in [2.75, 3.05) is 20.3 Å². The average molecular weight is 252 g/mol. The molecule has 4 heteroatoms. The molecule has 0 amide bonds. The molecular weight excluding hydrogens is 232 g/mol. The summed E-state index contributed by atoms with van der Waals surface area (Å²) in [6.45, 7) is 6.46. The van der Waals surface area contributed by atoms with Crippen molar-refractivity contribution in [1.29, 1.82) is 0 Å². The van der Waals surface area contributed by atoms with Crippen molar-refractivity contribution in [2.24, 2.45) is 0 Å². The molecule has 0 spiro atoms. The van der Waals surface area contributed by atoms with Gasteiger partial charge in [0.2, 0.25) is 0 Å². The van der Waals surface area contributed by atoms with Gasteiger partial charge in [-0.25, -0.2) is 4.79 Å². The maximum absolute atomic E-state index is 11.7. The first-order valence-corrected chi connectivity index (χ1v) is 5.98. The minimum Gasteiger partial charge on any atom is -0.496 e. The summed E-state index contributed by atoms with van der Waals surface area (Å²) < 4.78 is 15.5. The van der Waals surface area contributed by atoms with Crippen molar-refractivity contribution in [2.45, 2.75) is 26.9 Å². The zero-order chi connectivity index (χ0) is 13.5. The minimum absolute atomic E-state index is 0.142. The zero-order valence-corrected chi connectivity index (χ0v) is 11.4. The smallest absolute Gasteiger partial charge is 0.338 e. The third-order valence-corrected chi connectivity index (χ3v) is 2.41. The molecule has 18 heavy (non-hydrogen) atoms. The van der Waals surface area contributed by atoms with E-state index in [9.17, 15) is 4.79 Å². The van der Waals surface area contributed by atoms with Crippen LogP contribution < -0.4 is 4.74 Å². The molecule has 0 aliphatic heterocycles. The Morgan fingerprint density at radius 3 is 2.61 bits per heavy atom. The van der Waals surface area contributed by atoms with Crippen LogP contribution in [0.5, 0.6) is 5.75 Å². The van der Waals surface area contributed by atoms with Gasteiger partial charge in [-0.1, -0.05) is 6.07 Å². The number of carbonyl (C=O) groups excluding carboxylic acids is 1. The zero-order valence-electron chi connectivity index (χ0n) is 11.4. The summed E-state index contributed by atoms with van der Waals surface area (Å²) in [7, 11) is 1.58. The Balaban J connectivity index is 2.51. The Bertz CT molecular complexity index is 399. The van der Waals surface area contributed by atoms with E-state index in [0.29, 0.717) is 17.9 Å². The molecule has 0 atom stereocenters. The van der Waals surface area contributed by atoms with Crippen LogP contribution in [0.3, 0.4) is 0 Å². The molecule has 0 heterocycles. The summed E-state index contributed by atoms with van der Waals surface area (Å²) in [5, 5.41) is 0. The molecule has 100 valence electrons. The Hall–Kier alpha value is -1.55. The molecule has 0 aromatic heterocycles. The van der Waals surface area contributed by atoms with Gasteiger partial charge in [-0.05, 0) is 38.5 Å². The lowest BCUT2D eigenvalue weighted by atomic mass is 10.1. The van der Waals surface area contributed by atoms with Gasteiger partial charge in [0.1, 0.15) is 12.4 Å². The van der Waals surface area contributed by atoms with E-state index in [-0.39, 0.29) is 18.7 Å². The quantitative estimate of drug-likeness (QED) is 0.576. The first-order valence-electron chi connectivity index (χ1n) is 5.98. The fraction of sp³-hybridized carbons (Fsp3) is 0.500. The first-order chi connectivity index (χ1) is 8.54. The number of ether oxygens (including phenoxy) is 3. The maximum Gasteiger partial charge on any atom is 0.338 e. The van der Waals surface area contributed by atoms with E-state index >= 15 is 0 Å². The Kier molecular flexibility index (Phi) is 5.65. The molecule has 0 aliphatic carbocycles. The van der Waals surface area contributed by atoms with Crippen molar-refractivity contribution in [3.05, 3.63) is 29.3 Å². The molecule has 0 bridgehead atoms. The highest BCUT2D eigenvalue weighted by Gasteiger charge is 2.09. The molecule has 0 fully saturated rings. The van der Waals surface area contributed by atoms with Crippen LogP contribution >= 0.6 is 0 Å². The summed E-state index contributed by atoms with van der Waals surface area (Å²) in [6, 6.07) is 5.24. The number of rotatable bonds is 6. The van der Waals surface area contributed by atoms with Crippen LogP contribution in [0.2, 0.25) is 0 Å². The number of aryl methyl sites for hydroxylation is 1. The molecule has 0 radical (unpaired) electrons. The van der Waals surface area contributed by atoms with Gasteiger partial charge in [0.25, 0.3) is 0 Å². The normalized spacial score (nSPS) is 10.5. The highest BCUT2D eigenvalue weighted by atomic mass is 16.6. The van der Waals surface area contributed by atoms with E-state index in [4.69, 9.17) is 14.2 Å². The van der Waals surface area contributed by atoms with Crippen molar-refractivity contribution in [3.63, 3.8) is 0 Å². The van der Waals surface area contributed by atoms with Gasteiger partial charge in [-0.15, -0.1) is 0 Å². The van der Waals surface area contributed by atoms with Gasteiger partial charge in [0.15, 0.2) is 0 Å². The topological polar surface area (TPSA) is 44.8 Å². The van der Waals surface area contributed by atoms with Gasteiger partial charge >= 0.3 is 5.97 Å². The Morgan fingerprint density at radius 2 is 2.00 bits per heavy atom. The van der Waals surface area contributed by atoms with Gasteiger partial charge in [-0.2, -0.15) is 0 Å². The van der Waals surface area contributed by atoms with Crippen LogP contribution in [0.25, 0.3) is 0 Å². The van der Waals surface area contributed by atoms with E-state index in [0.717, 1.165) is 5.56 Å². The van der Waals surface area contributed by atoms with Gasteiger partial charge < -0.3 is 14.2 Å². The van der Waals surface area contributed by atoms with Crippen LogP contribution in [0.4, 0.5) is 0 Å². The molecule has 0 aliphatic rings. The molecule has 0 saturated carbocycles. The second-order valence-corrected chi connectivity index (χ2v) is 4.24. The maximum atomic E-state index is 11.7. The van der Waals surface area contributed by atoms with Crippen LogP contribution in [0.15, 0.2) is 18.2 Å². The number of esters is 1. The van der Waals surface area contributed by atoms with E-state index in [1.54, 1.807) is 19.2 Å². The van der Waals surface area contributed by atoms with Crippen LogP contribution in [-0.2, 0) is 9.47 Å². The Morgan fingerprint density at radius 1 is 1.28 bits per heavy atom. The molecule has 0 N–H and O–H groups in total. The second kappa shape index (κ2) is 7.01. The third-order valence-electron chi connectivity index (χ3n) is 2.41. The number of methoxy groups -OCH3 is 1. The number of hydrogen-bond acceptors (Lipinski definition) is 4. The number of hydrogen-bond donors (Lipinski definition) is 0. The summed E-state index contributed by atoms with van der Waals surface area (Å²) in [4.78, 5) is 11.7. The lowest BCUT2D eigenvalue weighted by molar-refractivity contribution is 0.0176. The molecule has 0 unspecified atom stereocenters. The third kappa shape index (κ3) is 4.37. The standard InChI is InChI=1S/C14H20O4/c1-10(2)17-7-8-18-14(15)12-6-5-11(3)13(9-12)16-4/h5-6,9-10H,7-8H2,1-4H3. The van der Waals surface area contributed by atoms with Crippen molar-refractivity contribution in [3.8, 4) is 5.75 Å². The molecule has 1 aromatic carbocycles. The predicted molar refractivity (Wildman–Crippen MR) is 69.1 cm³/mol. The van der Waals surface area contributed by atoms with E-state index in [1.807, 2.05) is 26.8 Å². The molecule has 1 rings (SSSR count). The van der Waals surface area contributed by atoms with Gasteiger partial charge in [0.05, 0.1) is 25.4 Å². The van der Waals surface area contributed by atoms with E-state index in [2.05, 4.69) is 0 Å². The minimum atomic E-state index is -0.361. The van der Waals surface area contributed by atoms with Gasteiger partial charge in [-0.3, -0.25) is 0 Å². The second-order valence-electron chi connectivity index (χ2n) is 4.24. The molecule has 0 saturated heterocycles. The van der Waals surface area contributed by atoms with Crippen molar-refractivity contribution in [1.82, 2.24) is 0 Å². The SMILES string of the molecule is COc1cc(C(=O)OCCOC(C)C)ccc1C. The lowest BCUT2D eigenvalue weighted by Crippen LogP contribution is -2.13. The average Bonchev–Trinajstić information content (AvgIpc) is 2.34. The Labute approximate surface area is 108 Å². The lowest BCUT2D eigenvalue weighted by Gasteiger charge is -2.09. The molecule has 1 aromatic rings. The van der Waals surface area contributed by atoms with Crippen molar-refractivity contribution < 1.29 is 19.0 Å². The van der Waals surface area contributed by atoms with Crippen LogP contribution in [0.1, 0.15) is 29.8 Å². The van der Waals surface area contributed by atoms with Crippen molar-refractivity contribution >= 4 is 5.97 Å². The highest BCUT2D eigenvalue weighted by molar-refractivity contribution is 5.90. The first kappa shape index (κ1) is 14.5. The van der Waals surface area contributed by atoms with Gasteiger partial charge in [0, 0.05) is 0 Å². The monoisotopic (exact) mass is 252 g/mol. The fourth-order valence-electron chi connectivity index (χ4n) is 1.45. The van der Waals surface area contributed by atoms with E-state index in [1.165, 1.54) is 0 Å². The summed E-state index contributed by atoms with van der Waals surface area (Å²) in [5.74, 6) is 0.323.